The van der Waals surface area contributed by atoms with Gasteiger partial charge in [-0.2, -0.15) is 26.3 Å². The van der Waals surface area contributed by atoms with Crippen molar-refractivity contribution in [2.75, 3.05) is 0 Å². The predicted octanol–water partition coefficient (Wildman–Crippen LogP) is 5.28. The van der Waals surface area contributed by atoms with Crippen molar-refractivity contribution in [1.82, 2.24) is 4.72 Å². The largest absolute Gasteiger partial charge is 0.504 e. The number of benzene rings is 3. The van der Waals surface area contributed by atoms with E-state index in [1.54, 1.807) is 30.3 Å². The fourth-order valence-corrected chi connectivity index (χ4v) is 4.21. The number of phenols is 2. The molecule has 3 aromatic carbocycles. The van der Waals surface area contributed by atoms with Gasteiger partial charge in [-0.15, -0.1) is 0 Å². The molecule has 0 bridgehead atoms. The van der Waals surface area contributed by atoms with Crippen molar-refractivity contribution in [2.45, 2.75) is 23.8 Å². The van der Waals surface area contributed by atoms with Crippen molar-refractivity contribution >= 4 is 10.0 Å². The highest BCUT2D eigenvalue weighted by Gasteiger charge is 2.37. The van der Waals surface area contributed by atoms with E-state index in [9.17, 15) is 45.0 Å². The van der Waals surface area contributed by atoms with Gasteiger partial charge in [0.1, 0.15) is 0 Å². The molecule has 0 spiro atoms. The molecule has 0 atom stereocenters. The van der Waals surface area contributed by atoms with E-state index >= 15 is 0 Å². The van der Waals surface area contributed by atoms with Gasteiger partial charge in [0.15, 0.2) is 11.5 Å². The van der Waals surface area contributed by atoms with E-state index in [1.807, 2.05) is 0 Å². The Labute approximate surface area is 184 Å². The van der Waals surface area contributed by atoms with Gasteiger partial charge >= 0.3 is 12.4 Å². The summed E-state index contributed by atoms with van der Waals surface area (Å²) in [5.74, 6) is -1.86. The van der Waals surface area contributed by atoms with Crippen LogP contribution in [0.3, 0.4) is 0 Å². The van der Waals surface area contributed by atoms with E-state index in [0.29, 0.717) is 29.8 Å². The molecule has 0 saturated carbocycles. The van der Waals surface area contributed by atoms with Gasteiger partial charge in [-0.25, -0.2) is 13.1 Å². The fraction of sp³-hybridized carbons (Fsp3) is 0.143. The topological polar surface area (TPSA) is 86.6 Å². The molecule has 0 fully saturated rings. The van der Waals surface area contributed by atoms with Crippen LogP contribution in [-0.4, -0.2) is 18.6 Å². The minimum Gasteiger partial charge on any atom is -0.504 e. The molecule has 0 aliphatic heterocycles. The molecule has 0 aliphatic rings. The van der Waals surface area contributed by atoms with Crippen LogP contribution >= 0.6 is 0 Å². The lowest BCUT2D eigenvalue weighted by atomic mass is 9.98. The van der Waals surface area contributed by atoms with Crippen LogP contribution < -0.4 is 4.72 Å². The number of sulfonamides is 1. The molecule has 0 aliphatic carbocycles. The molecule has 0 unspecified atom stereocenters. The Balaban J connectivity index is 2.19. The zero-order valence-corrected chi connectivity index (χ0v) is 17.2. The van der Waals surface area contributed by atoms with Crippen LogP contribution in [0.2, 0.25) is 0 Å². The molecule has 0 heterocycles. The first-order valence-corrected chi connectivity index (χ1v) is 10.6. The zero-order valence-electron chi connectivity index (χ0n) is 16.4. The second kappa shape index (κ2) is 8.60. The number of rotatable bonds is 5. The van der Waals surface area contributed by atoms with Gasteiger partial charge in [0.25, 0.3) is 0 Å². The first-order valence-electron chi connectivity index (χ1n) is 9.08. The third-order valence-electron chi connectivity index (χ3n) is 4.57. The Morgan fingerprint density at radius 1 is 0.758 bits per heavy atom. The highest BCUT2D eigenvalue weighted by molar-refractivity contribution is 7.89. The second-order valence-electron chi connectivity index (χ2n) is 6.94. The minimum atomic E-state index is -5.17. The number of nitrogens with one attached hydrogen (secondary N) is 1. The number of alkyl halides is 6. The van der Waals surface area contributed by atoms with E-state index in [2.05, 4.69) is 4.72 Å². The van der Waals surface area contributed by atoms with Gasteiger partial charge in [0.05, 0.1) is 16.0 Å². The normalized spacial score (nSPS) is 12.7. The van der Waals surface area contributed by atoms with Crippen molar-refractivity contribution in [2.24, 2.45) is 0 Å². The number of aromatic hydroxyl groups is 2. The molecular weight excluding hydrogens is 476 g/mol. The SMILES string of the molecule is O=S(=O)(NCc1ccccc1)c1cc(O)c(O)cc1-c1cc(C(F)(F)F)cc(C(F)(F)F)c1. The summed E-state index contributed by atoms with van der Waals surface area (Å²) in [7, 11) is -4.56. The molecule has 12 heteroatoms. The van der Waals surface area contributed by atoms with Crippen molar-refractivity contribution in [1.29, 1.82) is 0 Å². The summed E-state index contributed by atoms with van der Waals surface area (Å²) in [6, 6.07) is 9.79. The number of phenolic OH excluding ortho intramolecular Hbond substituents is 2. The van der Waals surface area contributed by atoms with E-state index < -0.39 is 61.0 Å². The number of hydrogen-bond donors (Lipinski definition) is 3. The van der Waals surface area contributed by atoms with E-state index in [1.165, 1.54) is 0 Å². The van der Waals surface area contributed by atoms with Crippen LogP contribution in [0.4, 0.5) is 26.3 Å². The summed E-state index contributed by atoms with van der Waals surface area (Å²) in [5, 5.41) is 19.6. The Kier molecular flexibility index (Phi) is 6.35. The van der Waals surface area contributed by atoms with Gasteiger partial charge in [-0.05, 0) is 35.4 Å². The highest BCUT2D eigenvalue weighted by atomic mass is 32.2. The van der Waals surface area contributed by atoms with Gasteiger partial charge in [-0.3, -0.25) is 0 Å². The molecule has 0 radical (unpaired) electrons. The van der Waals surface area contributed by atoms with Gasteiger partial charge in [0, 0.05) is 18.2 Å². The fourth-order valence-electron chi connectivity index (χ4n) is 2.97. The van der Waals surface area contributed by atoms with E-state index in [4.69, 9.17) is 0 Å². The van der Waals surface area contributed by atoms with Crippen LogP contribution in [0.1, 0.15) is 16.7 Å². The van der Waals surface area contributed by atoms with E-state index in [-0.39, 0.29) is 12.6 Å². The molecule has 3 aromatic rings. The monoisotopic (exact) mass is 491 g/mol. The third kappa shape index (κ3) is 5.57. The average molecular weight is 491 g/mol. The van der Waals surface area contributed by atoms with E-state index in [0.717, 1.165) is 0 Å². The maximum Gasteiger partial charge on any atom is 0.416 e. The number of halogens is 6. The van der Waals surface area contributed by atoms with Crippen molar-refractivity contribution in [3.63, 3.8) is 0 Å². The van der Waals surface area contributed by atoms with Crippen LogP contribution in [-0.2, 0) is 28.9 Å². The Morgan fingerprint density at radius 3 is 1.79 bits per heavy atom. The first-order chi connectivity index (χ1) is 15.2. The minimum absolute atomic E-state index is 0.106. The first kappa shape index (κ1) is 24.4. The van der Waals surface area contributed by atoms with Gasteiger partial charge in [0.2, 0.25) is 10.0 Å². The summed E-state index contributed by atoms with van der Waals surface area (Å²) in [6.45, 7) is -0.249. The van der Waals surface area contributed by atoms with Crippen molar-refractivity contribution < 1.29 is 45.0 Å². The zero-order chi connectivity index (χ0) is 24.6. The maximum absolute atomic E-state index is 13.3. The second-order valence-corrected chi connectivity index (χ2v) is 8.68. The summed E-state index contributed by atoms with van der Waals surface area (Å²) in [6.07, 6.45) is -10.3. The lowest BCUT2D eigenvalue weighted by Crippen LogP contribution is -2.24. The van der Waals surface area contributed by atoms with Crippen LogP contribution in [0, 0.1) is 0 Å². The van der Waals surface area contributed by atoms with Gasteiger partial charge < -0.3 is 10.2 Å². The highest BCUT2D eigenvalue weighted by Crippen LogP contribution is 2.42. The summed E-state index contributed by atoms with van der Waals surface area (Å²) in [5.41, 5.74) is -4.25. The summed E-state index contributed by atoms with van der Waals surface area (Å²) >= 11 is 0. The smallest absolute Gasteiger partial charge is 0.416 e. The van der Waals surface area contributed by atoms with Crippen LogP contribution in [0.25, 0.3) is 11.1 Å². The van der Waals surface area contributed by atoms with Crippen LogP contribution in [0.15, 0.2) is 65.6 Å². The lowest BCUT2D eigenvalue weighted by molar-refractivity contribution is -0.143. The molecule has 0 amide bonds. The molecule has 0 aromatic heterocycles. The summed E-state index contributed by atoms with van der Waals surface area (Å²) < 4.78 is 107. The molecule has 0 saturated heterocycles. The standard InChI is InChI=1S/C21H15F6NO4S/c22-20(23,24)14-6-13(7-15(8-14)21(25,26)27)16-9-17(29)18(30)10-19(16)33(31,32)28-11-12-4-2-1-3-5-12/h1-10,28-30H,11H2. The Morgan fingerprint density at radius 2 is 1.27 bits per heavy atom. The quantitative estimate of drug-likeness (QED) is 0.335. The number of hydrogen-bond acceptors (Lipinski definition) is 4. The molecule has 3 rings (SSSR count). The molecule has 33 heavy (non-hydrogen) atoms. The molecular formula is C21H15F6NO4S. The van der Waals surface area contributed by atoms with Crippen LogP contribution in [0.5, 0.6) is 11.5 Å². The third-order valence-corrected chi connectivity index (χ3v) is 6.02. The molecule has 3 N–H and O–H groups in total. The molecule has 176 valence electrons. The predicted molar refractivity (Wildman–Crippen MR) is 106 cm³/mol. The lowest BCUT2D eigenvalue weighted by Gasteiger charge is -2.17. The summed E-state index contributed by atoms with van der Waals surface area (Å²) in [4.78, 5) is -0.818. The van der Waals surface area contributed by atoms with Crippen molar-refractivity contribution in [3.05, 3.63) is 77.4 Å². The Bertz CT molecular complexity index is 1240. The van der Waals surface area contributed by atoms with Crippen molar-refractivity contribution in [3.8, 4) is 22.6 Å². The molecule has 5 nitrogen and oxygen atoms in total. The van der Waals surface area contributed by atoms with Gasteiger partial charge in [-0.1, -0.05) is 30.3 Å². The average Bonchev–Trinajstić information content (AvgIpc) is 2.73. The Hall–Kier alpha value is -3.25. The maximum atomic E-state index is 13.3.